The fraction of sp³-hybridized carbons (Fsp3) is 0.500. The third-order valence-electron chi connectivity index (χ3n) is 2.77. The van der Waals surface area contributed by atoms with E-state index in [1.165, 1.54) is 0 Å². The van der Waals surface area contributed by atoms with Crippen LogP contribution in [-0.4, -0.2) is 11.0 Å². The largest absolute Gasteiger partial charge is 0.377 e. The minimum absolute atomic E-state index is 0.189. The van der Waals surface area contributed by atoms with Gasteiger partial charge in [0.05, 0.1) is 4.92 Å². The Hall–Kier alpha value is -1.58. The van der Waals surface area contributed by atoms with E-state index in [0.717, 1.165) is 12.8 Å². The van der Waals surface area contributed by atoms with Crippen molar-refractivity contribution >= 4 is 11.4 Å². The molecule has 88 valence electrons. The molecule has 0 saturated carbocycles. The van der Waals surface area contributed by atoms with Crippen molar-refractivity contribution in [3.05, 3.63) is 33.9 Å². The standard InChI is InChI=1S/C12H18N2O2/c1-4-10(5-2)13-11-8-6-7-9(3)12(11)14(15)16/h6-8,10,13H,4-5H2,1-3H3. The fourth-order valence-corrected chi connectivity index (χ4v) is 1.73. The van der Waals surface area contributed by atoms with Crippen LogP contribution in [0.1, 0.15) is 32.3 Å². The molecular formula is C12H18N2O2. The normalized spacial score (nSPS) is 10.5. The number of hydrogen-bond donors (Lipinski definition) is 1. The molecule has 0 spiro atoms. The van der Waals surface area contributed by atoms with E-state index in [1.807, 2.05) is 6.07 Å². The summed E-state index contributed by atoms with van der Waals surface area (Å²) in [7, 11) is 0. The smallest absolute Gasteiger partial charge is 0.295 e. The molecule has 0 aromatic heterocycles. The van der Waals surface area contributed by atoms with E-state index >= 15 is 0 Å². The molecule has 0 aliphatic heterocycles. The lowest BCUT2D eigenvalue weighted by atomic mass is 10.1. The fourth-order valence-electron chi connectivity index (χ4n) is 1.73. The molecule has 0 fully saturated rings. The molecule has 0 aliphatic rings. The van der Waals surface area contributed by atoms with Crippen LogP contribution in [0.25, 0.3) is 0 Å². The highest BCUT2D eigenvalue weighted by Crippen LogP contribution is 2.28. The summed E-state index contributed by atoms with van der Waals surface area (Å²) in [6.07, 6.45) is 1.92. The molecule has 1 aromatic rings. The Labute approximate surface area is 95.8 Å². The Morgan fingerprint density at radius 1 is 1.38 bits per heavy atom. The third kappa shape index (κ3) is 2.72. The minimum atomic E-state index is -0.319. The number of anilines is 1. The topological polar surface area (TPSA) is 55.2 Å². The SMILES string of the molecule is CCC(CC)Nc1cccc(C)c1[N+](=O)[O-]. The van der Waals surface area contributed by atoms with Gasteiger partial charge in [0.25, 0.3) is 5.69 Å². The molecule has 1 N–H and O–H groups in total. The van der Waals surface area contributed by atoms with Crippen LogP contribution in [0.15, 0.2) is 18.2 Å². The van der Waals surface area contributed by atoms with Crippen LogP contribution >= 0.6 is 0 Å². The minimum Gasteiger partial charge on any atom is -0.377 e. The Balaban J connectivity index is 3.03. The number of nitrogens with one attached hydrogen (secondary N) is 1. The molecular weight excluding hydrogens is 204 g/mol. The predicted octanol–water partition coefficient (Wildman–Crippen LogP) is 3.50. The zero-order valence-electron chi connectivity index (χ0n) is 9.99. The zero-order valence-corrected chi connectivity index (χ0v) is 9.99. The third-order valence-corrected chi connectivity index (χ3v) is 2.77. The Bertz CT molecular complexity index is 373. The highest BCUT2D eigenvalue weighted by molar-refractivity contribution is 5.65. The molecule has 1 rings (SSSR count). The Morgan fingerprint density at radius 2 is 2.00 bits per heavy atom. The van der Waals surface area contributed by atoms with Crippen LogP contribution in [-0.2, 0) is 0 Å². The van der Waals surface area contributed by atoms with Gasteiger partial charge in [-0.05, 0) is 25.8 Å². The van der Waals surface area contributed by atoms with Crippen LogP contribution in [0.2, 0.25) is 0 Å². The number of nitrogens with zero attached hydrogens (tertiary/aromatic N) is 1. The number of rotatable bonds is 5. The predicted molar refractivity (Wildman–Crippen MR) is 65.8 cm³/mol. The van der Waals surface area contributed by atoms with Crippen LogP contribution in [0.5, 0.6) is 0 Å². The van der Waals surface area contributed by atoms with E-state index in [0.29, 0.717) is 17.3 Å². The highest BCUT2D eigenvalue weighted by atomic mass is 16.6. The van der Waals surface area contributed by atoms with Crippen molar-refractivity contribution in [3.8, 4) is 0 Å². The van der Waals surface area contributed by atoms with Crippen molar-refractivity contribution in [2.45, 2.75) is 39.7 Å². The maximum atomic E-state index is 11.0. The number of nitro benzene ring substituents is 1. The zero-order chi connectivity index (χ0) is 12.1. The first kappa shape index (κ1) is 12.5. The van der Waals surface area contributed by atoms with E-state index < -0.39 is 0 Å². The second-order valence-corrected chi connectivity index (χ2v) is 3.89. The second kappa shape index (κ2) is 5.49. The van der Waals surface area contributed by atoms with Crippen LogP contribution < -0.4 is 5.32 Å². The average Bonchev–Trinajstić information content (AvgIpc) is 2.25. The lowest BCUT2D eigenvalue weighted by Gasteiger charge is -2.16. The van der Waals surface area contributed by atoms with Gasteiger partial charge in [-0.25, -0.2) is 0 Å². The first-order chi connectivity index (χ1) is 7.60. The monoisotopic (exact) mass is 222 g/mol. The van der Waals surface area contributed by atoms with Crippen molar-refractivity contribution in [1.82, 2.24) is 0 Å². The first-order valence-corrected chi connectivity index (χ1v) is 5.60. The molecule has 0 amide bonds. The van der Waals surface area contributed by atoms with Gasteiger partial charge in [0.2, 0.25) is 0 Å². The molecule has 0 heterocycles. The van der Waals surface area contributed by atoms with Gasteiger partial charge in [0, 0.05) is 11.6 Å². The van der Waals surface area contributed by atoms with Crippen LogP contribution in [0.4, 0.5) is 11.4 Å². The summed E-state index contributed by atoms with van der Waals surface area (Å²) in [5, 5.41) is 14.2. The summed E-state index contributed by atoms with van der Waals surface area (Å²) in [6, 6.07) is 5.66. The molecule has 4 heteroatoms. The molecule has 0 atom stereocenters. The molecule has 0 saturated heterocycles. The number of aryl methyl sites for hydroxylation is 1. The van der Waals surface area contributed by atoms with Gasteiger partial charge in [-0.3, -0.25) is 10.1 Å². The summed E-state index contributed by atoms with van der Waals surface area (Å²) in [5.74, 6) is 0. The molecule has 0 radical (unpaired) electrons. The van der Waals surface area contributed by atoms with Crippen molar-refractivity contribution in [2.75, 3.05) is 5.32 Å². The van der Waals surface area contributed by atoms with Gasteiger partial charge in [-0.2, -0.15) is 0 Å². The Morgan fingerprint density at radius 3 is 2.50 bits per heavy atom. The van der Waals surface area contributed by atoms with E-state index in [-0.39, 0.29) is 10.6 Å². The molecule has 0 bridgehead atoms. The Kier molecular flexibility index (Phi) is 4.28. The lowest BCUT2D eigenvalue weighted by Crippen LogP contribution is -2.18. The molecule has 16 heavy (non-hydrogen) atoms. The van der Waals surface area contributed by atoms with Gasteiger partial charge >= 0.3 is 0 Å². The van der Waals surface area contributed by atoms with Gasteiger partial charge in [0.15, 0.2) is 0 Å². The van der Waals surface area contributed by atoms with Crippen molar-refractivity contribution in [1.29, 1.82) is 0 Å². The summed E-state index contributed by atoms with van der Waals surface area (Å²) < 4.78 is 0. The summed E-state index contributed by atoms with van der Waals surface area (Å²) in [5.41, 5.74) is 1.51. The van der Waals surface area contributed by atoms with Crippen molar-refractivity contribution < 1.29 is 4.92 Å². The summed E-state index contributed by atoms with van der Waals surface area (Å²) in [6.45, 7) is 5.90. The quantitative estimate of drug-likeness (QED) is 0.612. The van der Waals surface area contributed by atoms with E-state index in [9.17, 15) is 10.1 Å². The number of para-hydroxylation sites is 1. The van der Waals surface area contributed by atoms with E-state index in [2.05, 4.69) is 19.2 Å². The second-order valence-electron chi connectivity index (χ2n) is 3.89. The van der Waals surface area contributed by atoms with Gasteiger partial charge < -0.3 is 5.32 Å². The molecule has 4 nitrogen and oxygen atoms in total. The van der Waals surface area contributed by atoms with Crippen molar-refractivity contribution in [3.63, 3.8) is 0 Å². The van der Waals surface area contributed by atoms with Gasteiger partial charge in [-0.15, -0.1) is 0 Å². The molecule has 0 aliphatic carbocycles. The lowest BCUT2D eigenvalue weighted by molar-refractivity contribution is -0.384. The van der Waals surface area contributed by atoms with Crippen molar-refractivity contribution in [2.24, 2.45) is 0 Å². The highest BCUT2D eigenvalue weighted by Gasteiger charge is 2.18. The van der Waals surface area contributed by atoms with Crippen LogP contribution in [0, 0.1) is 17.0 Å². The van der Waals surface area contributed by atoms with E-state index in [1.54, 1.807) is 19.1 Å². The maximum absolute atomic E-state index is 11.0. The number of hydrogen-bond acceptors (Lipinski definition) is 3. The van der Waals surface area contributed by atoms with Gasteiger partial charge in [0.1, 0.15) is 5.69 Å². The van der Waals surface area contributed by atoms with Gasteiger partial charge in [-0.1, -0.05) is 26.0 Å². The summed E-state index contributed by atoms with van der Waals surface area (Å²) in [4.78, 5) is 10.6. The number of benzene rings is 1. The molecule has 1 aromatic carbocycles. The molecule has 0 unspecified atom stereocenters. The van der Waals surface area contributed by atoms with Crippen LogP contribution in [0.3, 0.4) is 0 Å². The first-order valence-electron chi connectivity index (χ1n) is 5.60. The maximum Gasteiger partial charge on any atom is 0.295 e. The number of nitro groups is 1. The van der Waals surface area contributed by atoms with E-state index in [4.69, 9.17) is 0 Å². The average molecular weight is 222 g/mol. The summed E-state index contributed by atoms with van der Waals surface area (Å²) >= 11 is 0.